The fourth-order valence-corrected chi connectivity index (χ4v) is 1.52. The smallest absolute Gasteiger partial charge is 0.320 e. The Hall–Kier alpha value is -2.71. The molecular weight excluding hydrogens is 246 g/mol. The minimum atomic E-state index is -0.891. The number of nitro benzene ring substituents is 2. The van der Waals surface area contributed by atoms with Crippen LogP contribution in [0.5, 0.6) is 5.75 Å². The Labute approximate surface area is 99.7 Å². The highest BCUT2D eigenvalue weighted by Crippen LogP contribution is 2.41. The molecule has 1 aliphatic heterocycles. The third-order valence-corrected chi connectivity index (χ3v) is 2.38. The molecule has 1 aliphatic rings. The molecular formula is C9H7N3O6. The van der Waals surface area contributed by atoms with E-state index in [-0.39, 0.29) is 11.4 Å². The van der Waals surface area contributed by atoms with Crippen LogP contribution in [0.15, 0.2) is 12.1 Å². The van der Waals surface area contributed by atoms with E-state index in [1.54, 1.807) is 0 Å². The third kappa shape index (κ3) is 1.81. The van der Waals surface area contributed by atoms with Crippen molar-refractivity contribution in [2.24, 2.45) is 0 Å². The lowest BCUT2D eigenvalue weighted by Crippen LogP contribution is -2.34. The first kappa shape index (κ1) is 11.8. The van der Waals surface area contributed by atoms with Crippen molar-refractivity contribution in [2.45, 2.75) is 13.0 Å². The number of amides is 1. The van der Waals surface area contributed by atoms with Gasteiger partial charge in [-0.3, -0.25) is 25.0 Å². The Morgan fingerprint density at radius 3 is 2.50 bits per heavy atom. The average Bonchev–Trinajstić information content (AvgIpc) is 2.29. The molecule has 0 spiro atoms. The molecule has 1 atom stereocenters. The highest BCUT2D eigenvalue weighted by Gasteiger charge is 2.33. The van der Waals surface area contributed by atoms with Gasteiger partial charge in [-0.25, -0.2) is 0 Å². The summed E-state index contributed by atoms with van der Waals surface area (Å²) in [6, 6.07) is 1.81. The minimum absolute atomic E-state index is 0.0704. The fraction of sp³-hybridized carbons (Fsp3) is 0.222. The number of carbonyl (C=O) groups is 1. The van der Waals surface area contributed by atoms with Crippen LogP contribution < -0.4 is 10.1 Å². The maximum atomic E-state index is 11.3. The van der Waals surface area contributed by atoms with E-state index in [4.69, 9.17) is 4.74 Å². The van der Waals surface area contributed by atoms with Crippen LogP contribution in [0.25, 0.3) is 0 Å². The van der Waals surface area contributed by atoms with E-state index >= 15 is 0 Å². The van der Waals surface area contributed by atoms with Crippen LogP contribution in [0.2, 0.25) is 0 Å². The number of hydrogen-bond donors (Lipinski definition) is 1. The predicted octanol–water partition coefficient (Wildman–Crippen LogP) is 1.22. The molecule has 0 radical (unpaired) electrons. The molecule has 9 nitrogen and oxygen atoms in total. The summed E-state index contributed by atoms with van der Waals surface area (Å²) in [6.07, 6.45) is -0.891. The van der Waals surface area contributed by atoms with Crippen LogP contribution >= 0.6 is 0 Å². The predicted molar refractivity (Wildman–Crippen MR) is 58.5 cm³/mol. The summed E-state index contributed by atoms with van der Waals surface area (Å²) in [5.74, 6) is -0.685. The van der Waals surface area contributed by atoms with Crippen molar-refractivity contribution >= 4 is 23.0 Å². The monoisotopic (exact) mass is 253 g/mol. The molecule has 0 saturated carbocycles. The highest BCUT2D eigenvalue weighted by atomic mass is 16.6. The molecule has 0 fully saturated rings. The maximum absolute atomic E-state index is 11.3. The number of nitrogens with zero attached hydrogens (tertiary/aromatic N) is 2. The standard InChI is InChI=1S/C9H7N3O6/c1-4-9(13)10-6-2-5(11(14)15)3-7(12(16)17)8(6)18-4/h2-4H,1H3,(H,10,13)/t4-/m0/s1. The van der Waals surface area contributed by atoms with Crippen molar-refractivity contribution < 1.29 is 19.4 Å². The average molecular weight is 253 g/mol. The zero-order valence-corrected chi connectivity index (χ0v) is 9.08. The molecule has 94 valence electrons. The number of nitro groups is 2. The summed E-state index contributed by atoms with van der Waals surface area (Å²) >= 11 is 0. The molecule has 9 heteroatoms. The number of non-ortho nitro benzene ring substituents is 1. The second-order valence-electron chi connectivity index (χ2n) is 3.61. The van der Waals surface area contributed by atoms with Crippen molar-refractivity contribution in [2.75, 3.05) is 5.32 Å². The van der Waals surface area contributed by atoms with Crippen LogP contribution in [0.1, 0.15) is 6.92 Å². The van der Waals surface area contributed by atoms with Crippen molar-refractivity contribution in [3.63, 3.8) is 0 Å². The van der Waals surface area contributed by atoms with Gasteiger partial charge >= 0.3 is 5.69 Å². The first-order valence-electron chi connectivity index (χ1n) is 4.84. The lowest BCUT2D eigenvalue weighted by atomic mass is 10.2. The van der Waals surface area contributed by atoms with Crippen LogP contribution in [0.4, 0.5) is 17.1 Å². The van der Waals surface area contributed by atoms with Crippen molar-refractivity contribution in [3.8, 4) is 5.75 Å². The minimum Gasteiger partial charge on any atom is -0.472 e. The van der Waals surface area contributed by atoms with Gasteiger partial charge in [0.25, 0.3) is 11.6 Å². The number of benzene rings is 1. The topological polar surface area (TPSA) is 125 Å². The molecule has 0 unspecified atom stereocenters. The van der Waals surface area contributed by atoms with Gasteiger partial charge in [-0.1, -0.05) is 0 Å². The summed E-state index contributed by atoms with van der Waals surface area (Å²) in [6.45, 7) is 1.42. The second kappa shape index (κ2) is 3.95. The molecule has 18 heavy (non-hydrogen) atoms. The van der Waals surface area contributed by atoms with Gasteiger partial charge in [0.15, 0.2) is 6.10 Å². The first-order chi connectivity index (χ1) is 8.40. The molecule has 1 N–H and O–H groups in total. The van der Waals surface area contributed by atoms with E-state index in [2.05, 4.69) is 5.32 Å². The molecule has 0 saturated heterocycles. The molecule has 0 bridgehead atoms. The van der Waals surface area contributed by atoms with Crippen LogP contribution in [-0.4, -0.2) is 21.9 Å². The summed E-state index contributed by atoms with van der Waals surface area (Å²) < 4.78 is 5.09. The normalized spacial score (nSPS) is 17.4. The van der Waals surface area contributed by atoms with E-state index in [0.29, 0.717) is 0 Å². The Balaban J connectivity index is 2.63. The third-order valence-electron chi connectivity index (χ3n) is 2.38. The van der Waals surface area contributed by atoms with Crippen LogP contribution in [0, 0.1) is 20.2 Å². The lowest BCUT2D eigenvalue weighted by molar-refractivity contribution is -0.394. The number of carbonyl (C=O) groups excluding carboxylic acids is 1. The zero-order valence-electron chi connectivity index (χ0n) is 9.08. The largest absolute Gasteiger partial charge is 0.472 e. The van der Waals surface area contributed by atoms with Crippen molar-refractivity contribution in [1.29, 1.82) is 0 Å². The Morgan fingerprint density at radius 2 is 1.94 bits per heavy atom. The SMILES string of the molecule is C[C@@H]1Oc2c(cc([N+](=O)[O-])cc2[N+](=O)[O-])NC1=O. The van der Waals surface area contributed by atoms with Crippen LogP contribution in [0.3, 0.4) is 0 Å². The van der Waals surface area contributed by atoms with Gasteiger partial charge < -0.3 is 10.1 Å². The molecule has 0 aromatic heterocycles. The molecule has 2 rings (SSSR count). The number of ether oxygens (including phenoxy) is 1. The van der Waals surface area contributed by atoms with Gasteiger partial charge in [-0.05, 0) is 6.92 Å². The lowest BCUT2D eigenvalue weighted by Gasteiger charge is -2.22. The van der Waals surface area contributed by atoms with Crippen molar-refractivity contribution in [1.82, 2.24) is 0 Å². The molecule has 0 aliphatic carbocycles. The fourth-order valence-electron chi connectivity index (χ4n) is 1.52. The maximum Gasteiger partial charge on any atom is 0.320 e. The molecule has 1 aromatic carbocycles. The quantitative estimate of drug-likeness (QED) is 0.624. The van der Waals surface area contributed by atoms with Crippen molar-refractivity contribution in [3.05, 3.63) is 32.4 Å². The van der Waals surface area contributed by atoms with E-state index in [1.165, 1.54) is 6.92 Å². The number of fused-ring (bicyclic) bond motifs is 1. The van der Waals surface area contributed by atoms with E-state index < -0.39 is 33.2 Å². The zero-order chi connectivity index (χ0) is 13.4. The number of rotatable bonds is 2. The Kier molecular flexibility index (Phi) is 2.58. The summed E-state index contributed by atoms with van der Waals surface area (Å²) in [7, 11) is 0. The van der Waals surface area contributed by atoms with E-state index in [1.807, 2.05) is 0 Å². The number of hydrogen-bond acceptors (Lipinski definition) is 6. The Morgan fingerprint density at radius 1 is 1.28 bits per heavy atom. The first-order valence-corrected chi connectivity index (χ1v) is 4.84. The van der Waals surface area contributed by atoms with E-state index in [0.717, 1.165) is 12.1 Å². The van der Waals surface area contributed by atoms with Gasteiger partial charge in [-0.15, -0.1) is 0 Å². The van der Waals surface area contributed by atoms with Gasteiger partial charge in [0.1, 0.15) is 0 Å². The molecule has 1 amide bonds. The summed E-state index contributed by atoms with van der Waals surface area (Å²) in [5.41, 5.74) is -1.11. The summed E-state index contributed by atoms with van der Waals surface area (Å²) in [4.78, 5) is 31.2. The molecule has 1 aromatic rings. The second-order valence-corrected chi connectivity index (χ2v) is 3.61. The number of anilines is 1. The van der Waals surface area contributed by atoms with Gasteiger partial charge in [0.05, 0.1) is 21.6 Å². The highest BCUT2D eigenvalue weighted by molar-refractivity contribution is 5.99. The Bertz CT molecular complexity index is 570. The van der Waals surface area contributed by atoms with Crippen LogP contribution in [-0.2, 0) is 4.79 Å². The molecule has 1 heterocycles. The summed E-state index contributed by atoms with van der Waals surface area (Å²) in [5, 5.41) is 23.8. The van der Waals surface area contributed by atoms with E-state index in [9.17, 15) is 25.0 Å². The van der Waals surface area contributed by atoms with Gasteiger partial charge in [0.2, 0.25) is 5.75 Å². The number of nitrogens with one attached hydrogen (secondary N) is 1. The van der Waals surface area contributed by atoms with Gasteiger partial charge in [0, 0.05) is 6.07 Å². The van der Waals surface area contributed by atoms with Gasteiger partial charge in [-0.2, -0.15) is 0 Å².